The Morgan fingerprint density at radius 3 is 2.61 bits per heavy atom. The zero-order chi connectivity index (χ0) is 13.0. The Kier molecular flexibility index (Phi) is 3.99. The number of nitrogens with two attached hydrogens (primary N) is 1. The van der Waals surface area contributed by atoms with Crippen molar-refractivity contribution in [2.75, 3.05) is 13.7 Å². The van der Waals surface area contributed by atoms with Crippen LogP contribution < -0.4 is 10.5 Å². The molecule has 1 heterocycles. The molecule has 0 aliphatic carbocycles. The molecule has 2 rings (SSSR count). The maximum atomic E-state index is 5.58. The molecule has 0 aliphatic heterocycles. The highest BCUT2D eigenvalue weighted by Gasteiger charge is 2.10. The third-order valence-corrected chi connectivity index (χ3v) is 3.08. The molecule has 4 heteroatoms. The van der Waals surface area contributed by atoms with E-state index in [1.807, 2.05) is 30.1 Å². The lowest BCUT2D eigenvalue weighted by Gasteiger charge is -2.06. The number of aryl methyl sites for hydroxylation is 1. The van der Waals surface area contributed by atoms with E-state index in [1.165, 1.54) is 11.3 Å². The third-order valence-electron chi connectivity index (χ3n) is 3.08. The summed E-state index contributed by atoms with van der Waals surface area (Å²) in [6.45, 7) is 0.702. The minimum Gasteiger partial charge on any atom is -0.497 e. The molecule has 0 atom stereocenters. The fourth-order valence-corrected chi connectivity index (χ4v) is 2.04. The van der Waals surface area contributed by atoms with Crippen LogP contribution in [0.5, 0.6) is 5.75 Å². The number of methoxy groups -OCH3 is 1. The van der Waals surface area contributed by atoms with E-state index in [-0.39, 0.29) is 0 Å². The number of hydrogen-bond donors (Lipinski definition) is 1. The summed E-state index contributed by atoms with van der Waals surface area (Å²) in [5.41, 5.74) is 9.14. The highest BCUT2D eigenvalue weighted by molar-refractivity contribution is 5.66. The summed E-state index contributed by atoms with van der Waals surface area (Å²) in [7, 11) is 3.64. The van der Waals surface area contributed by atoms with Crippen LogP contribution in [0, 0.1) is 0 Å². The zero-order valence-corrected chi connectivity index (χ0v) is 10.9. The molecule has 0 aliphatic rings. The molecular weight excluding hydrogens is 226 g/mol. The summed E-state index contributed by atoms with van der Waals surface area (Å²) in [6, 6.07) is 8.05. The summed E-state index contributed by atoms with van der Waals surface area (Å²) in [5.74, 6) is 0.867. The molecule has 96 valence electrons. The molecule has 0 bridgehead atoms. The van der Waals surface area contributed by atoms with Gasteiger partial charge in [-0.1, -0.05) is 12.1 Å². The van der Waals surface area contributed by atoms with Crippen molar-refractivity contribution in [3.63, 3.8) is 0 Å². The third kappa shape index (κ3) is 2.54. The predicted molar refractivity (Wildman–Crippen MR) is 72.6 cm³/mol. The molecule has 0 fully saturated rings. The maximum Gasteiger partial charge on any atom is 0.118 e. The lowest BCUT2D eigenvalue weighted by Crippen LogP contribution is -2.05. The van der Waals surface area contributed by atoms with E-state index in [2.05, 4.69) is 17.2 Å². The summed E-state index contributed by atoms with van der Waals surface area (Å²) < 4.78 is 7.09. The minimum atomic E-state index is 0.702. The van der Waals surface area contributed by atoms with Crippen molar-refractivity contribution in [1.29, 1.82) is 0 Å². The zero-order valence-electron chi connectivity index (χ0n) is 10.9. The number of benzene rings is 1. The van der Waals surface area contributed by atoms with Crippen LogP contribution in [0.25, 0.3) is 11.1 Å². The molecule has 0 amide bonds. The number of nitrogens with zero attached hydrogens (tertiary/aromatic N) is 2. The van der Waals surface area contributed by atoms with E-state index < -0.39 is 0 Å². The second kappa shape index (κ2) is 5.69. The van der Waals surface area contributed by atoms with Gasteiger partial charge in [0.1, 0.15) is 5.75 Å². The topological polar surface area (TPSA) is 53.1 Å². The van der Waals surface area contributed by atoms with E-state index in [1.54, 1.807) is 7.11 Å². The molecule has 1 aromatic heterocycles. The van der Waals surface area contributed by atoms with Gasteiger partial charge in [-0.15, -0.1) is 0 Å². The Morgan fingerprint density at radius 1 is 1.28 bits per heavy atom. The molecular formula is C14H19N3O. The monoisotopic (exact) mass is 245 g/mol. The van der Waals surface area contributed by atoms with Crippen LogP contribution in [-0.4, -0.2) is 23.4 Å². The molecule has 4 nitrogen and oxygen atoms in total. The Balaban J connectivity index is 2.31. The van der Waals surface area contributed by atoms with Gasteiger partial charge in [-0.05, 0) is 37.1 Å². The maximum absolute atomic E-state index is 5.58. The van der Waals surface area contributed by atoms with Crippen LogP contribution in [-0.2, 0) is 13.5 Å². The van der Waals surface area contributed by atoms with Crippen molar-refractivity contribution < 1.29 is 4.74 Å². The van der Waals surface area contributed by atoms with Crippen LogP contribution in [0.15, 0.2) is 30.5 Å². The highest BCUT2D eigenvalue weighted by atomic mass is 16.5. The smallest absolute Gasteiger partial charge is 0.118 e. The summed E-state index contributed by atoms with van der Waals surface area (Å²) in [6.07, 6.45) is 3.84. The van der Waals surface area contributed by atoms with Crippen molar-refractivity contribution in [2.45, 2.75) is 12.8 Å². The standard InChI is InChI=1S/C14H19N3O/c1-17-14(4-3-9-15)13(10-16-17)11-5-7-12(18-2)8-6-11/h5-8,10H,3-4,9,15H2,1-2H3. The molecule has 0 spiro atoms. The first-order valence-electron chi connectivity index (χ1n) is 6.11. The SMILES string of the molecule is COc1ccc(-c2cnn(C)c2CCCN)cc1. The molecule has 0 saturated carbocycles. The van der Waals surface area contributed by atoms with Gasteiger partial charge in [0.25, 0.3) is 0 Å². The summed E-state index contributed by atoms with van der Waals surface area (Å²) in [5, 5.41) is 4.33. The highest BCUT2D eigenvalue weighted by Crippen LogP contribution is 2.26. The van der Waals surface area contributed by atoms with Crippen molar-refractivity contribution in [2.24, 2.45) is 12.8 Å². The molecule has 18 heavy (non-hydrogen) atoms. The van der Waals surface area contributed by atoms with Gasteiger partial charge in [-0.25, -0.2) is 0 Å². The summed E-state index contributed by atoms with van der Waals surface area (Å²) >= 11 is 0. The van der Waals surface area contributed by atoms with E-state index in [9.17, 15) is 0 Å². The van der Waals surface area contributed by atoms with Gasteiger partial charge in [0, 0.05) is 18.3 Å². The van der Waals surface area contributed by atoms with Crippen molar-refractivity contribution in [3.8, 4) is 16.9 Å². The molecule has 0 radical (unpaired) electrons. The Morgan fingerprint density at radius 2 is 2.00 bits per heavy atom. The van der Waals surface area contributed by atoms with E-state index in [4.69, 9.17) is 10.5 Å². The normalized spacial score (nSPS) is 10.6. The van der Waals surface area contributed by atoms with Crippen LogP contribution in [0.2, 0.25) is 0 Å². The van der Waals surface area contributed by atoms with Gasteiger partial charge in [0.15, 0.2) is 0 Å². The average molecular weight is 245 g/mol. The molecule has 0 saturated heterocycles. The van der Waals surface area contributed by atoms with Gasteiger partial charge >= 0.3 is 0 Å². The van der Waals surface area contributed by atoms with Crippen molar-refractivity contribution in [1.82, 2.24) is 9.78 Å². The average Bonchev–Trinajstić information content (AvgIpc) is 2.78. The number of rotatable bonds is 5. The van der Waals surface area contributed by atoms with Crippen LogP contribution >= 0.6 is 0 Å². The molecule has 1 aromatic carbocycles. The van der Waals surface area contributed by atoms with Gasteiger partial charge < -0.3 is 10.5 Å². The first-order valence-corrected chi connectivity index (χ1v) is 6.11. The second-order valence-electron chi connectivity index (χ2n) is 4.25. The van der Waals surface area contributed by atoms with E-state index in [0.29, 0.717) is 6.54 Å². The second-order valence-corrected chi connectivity index (χ2v) is 4.25. The van der Waals surface area contributed by atoms with Gasteiger partial charge in [0.2, 0.25) is 0 Å². The fourth-order valence-electron chi connectivity index (χ4n) is 2.04. The lowest BCUT2D eigenvalue weighted by molar-refractivity contribution is 0.415. The Hall–Kier alpha value is -1.81. The molecule has 2 aromatic rings. The van der Waals surface area contributed by atoms with Crippen LogP contribution in [0.1, 0.15) is 12.1 Å². The first-order chi connectivity index (χ1) is 8.76. The lowest BCUT2D eigenvalue weighted by atomic mass is 10.0. The van der Waals surface area contributed by atoms with Crippen molar-refractivity contribution >= 4 is 0 Å². The van der Waals surface area contributed by atoms with Crippen molar-refractivity contribution in [3.05, 3.63) is 36.2 Å². The Bertz CT molecular complexity index is 502. The number of aromatic nitrogens is 2. The minimum absolute atomic E-state index is 0.702. The Labute approximate surface area is 107 Å². The largest absolute Gasteiger partial charge is 0.497 e. The summed E-state index contributed by atoms with van der Waals surface area (Å²) in [4.78, 5) is 0. The quantitative estimate of drug-likeness (QED) is 0.876. The fraction of sp³-hybridized carbons (Fsp3) is 0.357. The van der Waals surface area contributed by atoms with E-state index in [0.717, 1.165) is 24.2 Å². The van der Waals surface area contributed by atoms with Gasteiger partial charge in [-0.2, -0.15) is 5.10 Å². The van der Waals surface area contributed by atoms with Crippen LogP contribution in [0.3, 0.4) is 0 Å². The molecule has 0 unspecified atom stereocenters. The van der Waals surface area contributed by atoms with Gasteiger partial charge in [0.05, 0.1) is 13.3 Å². The predicted octanol–water partition coefficient (Wildman–Crippen LogP) is 1.99. The number of ether oxygens (including phenoxy) is 1. The first kappa shape index (κ1) is 12.6. The molecule has 2 N–H and O–H groups in total. The van der Waals surface area contributed by atoms with E-state index >= 15 is 0 Å². The van der Waals surface area contributed by atoms with Crippen LogP contribution in [0.4, 0.5) is 0 Å². The number of hydrogen-bond acceptors (Lipinski definition) is 3. The van der Waals surface area contributed by atoms with Gasteiger partial charge in [-0.3, -0.25) is 4.68 Å².